The maximum Gasteiger partial charge on any atom is 0.309 e. The Morgan fingerprint density at radius 3 is 2.40 bits per heavy atom. The molecule has 0 aromatic heterocycles. The van der Waals surface area contributed by atoms with Crippen LogP contribution in [0, 0.1) is 70.0 Å². The summed E-state index contributed by atoms with van der Waals surface area (Å²) in [6.45, 7) is 9.43. The van der Waals surface area contributed by atoms with Gasteiger partial charge in [0.25, 0.3) is 0 Å². The van der Waals surface area contributed by atoms with E-state index in [1.54, 1.807) is 0 Å². The number of ether oxygens (including phenoxy) is 1. The summed E-state index contributed by atoms with van der Waals surface area (Å²) in [5.74, 6) is 8.53. The minimum absolute atomic E-state index is 0.0818. The monoisotopic (exact) mass is 483 g/mol. The van der Waals surface area contributed by atoms with Crippen LogP contribution in [0.4, 0.5) is 0 Å². The van der Waals surface area contributed by atoms with Gasteiger partial charge in [0.05, 0.1) is 12.5 Å². The summed E-state index contributed by atoms with van der Waals surface area (Å²) in [4.78, 5) is 12.2. The average molecular weight is 484 g/mol. The SMILES string of the molecule is CC(CC1CCOC1=O)[C@H]1CCC2C3CC[C@@H]4CC(C5CCC5CCN)CC[C@]4(C)C3CC[C@@]21C. The van der Waals surface area contributed by atoms with Crippen molar-refractivity contribution in [2.24, 2.45) is 75.7 Å². The van der Waals surface area contributed by atoms with E-state index in [0.29, 0.717) is 23.4 Å². The second kappa shape index (κ2) is 9.32. The number of cyclic esters (lactones) is 1. The predicted molar refractivity (Wildman–Crippen MR) is 141 cm³/mol. The molecule has 0 bridgehead atoms. The van der Waals surface area contributed by atoms with E-state index in [0.717, 1.165) is 66.7 Å². The predicted octanol–water partition coefficient (Wildman–Crippen LogP) is 7.23. The second-order valence-electron chi connectivity index (χ2n) is 14.9. The Balaban J connectivity index is 1.13. The maximum absolute atomic E-state index is 12.2. The molecule has 6 rings (SSSR count). The summed E-state index contributed by atoms with van der Waals surface area (Å²) >= 11 is 0. The van der Waals surface area contributed by atoms with Gasteiger partial charge in [-0.2, -0.15) is 0 Å². The third-order valence-electron chi connectivity index (χ3n) is 13.8. The lowest BCUT2D eigenvalue weighted by Crippen LogP contribution is -2.54. The van der Waals surface area contributed by atoms with Crippen molar-refractivity contribution >= 4 is 5.97 Å². The van der Waals surface area contributed by atoms with Crippen molar-refractivity contribution in [1.29, 1.82) is 0 Å². The molecule has 1 aliphatic heterocycles. The van der Waals surface area contributed by atoms with Gasteiger partial charge in [-0.1, -0.05) is 20.8 Å². The first-order valence-electron chi connectivity index (χ1n) is 15.7. The molecule has 1 heterocycles. The first-order valence-corrected chi connectivity index (χ1v) is 15.7. The summed E-state index contributed by atoms with van der Waals surface area (Å²) in [6.07, 6.45) is 19.5. The van der Waals surface area contributed by atoms with E-state index in [1.807, 2.05) is 0 Å². The lowest BCUT2D eigenvalue weighted by Gasteiger charge is -2.62. The zero-order valence-electron chi connectivity index (χ0n) is 23.0. The zero-order chi connectivity index (χ0) is 24.4. The maximum atomic E-state index is 12.2. The molecule has 8 unspecified atom stereocenters. The molecular weight excluding hydrogens is 430 g/mol. The minimum Gasteiger partial charge on any atom is -0.465 e. The standard InChI is InChI=1S/C32H53NO2/c1-20(18-23-13-17-35-30(23)34)27-8-9-28-26-7-5-24-19-22(25-6-4-21(25)12-16-33)10-14-31(24,2)29(26)11-15-32(27,28)3/h20-29H,4-19,33H2,1-3H3/t20?,21?,22?,23?,24-,25?,26?,27-,28?,29?,31+,32-/m1/s1. The lowest BCUT2D eigenvalue weighted by atomic mass is 9.43. The van der Waals surface area contributed by atoms with Crippen molar-refractivity contribution < 1.29 is 9.53 Å². The average Bonchev–Trinajstić information content (AvgIpc) is 3.39. The first-order chi connectivity index (χ1) is 16.8. The summed E-state index contributed by atoms with van der Waals surface area (Å²) < 4.78 is 5.30. The highest BCUT2D eigenvalue weighted by molar-refractivity contribution is 5.74. The normalized spacial score (nSPS) is 52.1. The summed E-state index contributed by atoms with van der Waals surface area (Å²) in [6, 6.07) is 0. The molecule has 0 spiro atoms. The van der Waals surface area contributed by atoms with Gasteiger partial charge >= 0.3 is 5.97 Å². The van der Waals surface area contributed by atoms with Crippen molar-refractivity contribution in [3.63, 3.8) is 0 Å². The molecule has 6 fully saturated rings. The van der Waals surface area contributed by atoms with Gasteiger partial charge in [-0.15, -0.1) is 0 Å². The molecule has 2 N–H and O–H groups in total. The van der Waals surface area contributed by atoms with Gasteiger partial charge in [0.2, 0.25) is 0 Å². The van der Waals surface area contributed by atoms with Gasteiger partial charge in [-0.05, 0) is 161 Å². The molecule has 5 saturated carbocycles. The number of carbonyl (C=O) groups excluding carboxylic acids is 1. The van der Waals surface area contributed by atoms with Crippen molar-refractivity contribution in [1.82, 2.24) is 0 Å². The Bertz CT molecular complexity index is 796. The topological polar surface area (TPSA) is 52.3 Å². The van der Waals surface area contributed by atoms with Gasteiger partial charge in [-0.25, -0.2) is 0 Å². The minimum atomic E-state index is 0.0818. The van der Waals surface area contributed by atoms with Gasteiger partial charge < -0.3 is 10.5 Å². The smallest absolute Gasteiger partial charge is 0.309 e. The number of hydrogen-bond donors (Lipinski definition) is 1. The lowest BCUT2D eigenvalue weighted by molar-refractivity contribution is -0.142. The fourth-order valence-corrected chi connectivity index (χ4v) is 11.8. The molecule has 1 saturated heterocycles. The van der Waals surface area contributed by atoms with Crippen LogP contribution in [-0.2, 0) is 9.53 Å². The van der Waals surface area contributed by atoms with Gasteiger partial charge in [0.1, 0.15) is 0 Å². The number of fused-ring (bicyclic) bond motifs is 5. The fourth-order valence-electron chi connectivity index (χ4n) is 11.8. The van der Waals surface area contributed by atoms with E-state index in [-0.39, 0.29) is 11.9 Å². The summed E-state index contributed by atoms with van der Waals surface area (Å²) in [7, 11) is 0. The highest BCUT2D eigenvalue weighted by Crippen LogP contribution is 2.69. The van der Waals surface area contributed by atoms with Crippen LogP contribution < -0.4 is 5.73 Å². The molecule has 5 aliphatic carbocycles. The van der Waals surface area contributed by atoms with Crippen LogP contribution in [0.5, 0.6) is 0 Å². The van der Waals surface area contributed by atoms with E-state index in [2.05, 4.69) is 20.8 Å². The Labute approximate surface area is 215 Å². The number of rotatable bonds is 6. The second-order valence-corrected chi connectivity index (χ2v) is 14.9. The largest absolute Gasteiger partial charge is 0.465 e. The Morgan fingerprint density at radius 1 is 0.914 bits per heavy atom. The molecule has 12 atom stereocenters. The van der Waals surface area contributed by atoms with Gasteiger partial charge in [0.15, 0.2) is 0 Å². The van der Waals surface area contributed by atoms with E-state index < -0.39 is 0 Å². The summed E-state index contributed by atoms with van der Waals surface area (Å²) in [5.41, 5.74) is 7.05. The number of nitrogens with two attached hydrogens (primary N) is 1. The van der Waals surface area contributed by atoms with Crippen LogP contribution in [0.15, 0.2) is 0 Å². The van der Waals surface area contributed by atoms with Crippen LogP contribution in [0.1, 0.15) is 111 Å². The highest BCUT2D eigenvalue weighted by Gasteiger charge is 2.61. The van der Waals surface area contributed by atoms with Crippen LogP contribution >= 0.6 is 0 Å². The van der Waals surface area contributed by atoms with Crippen LogP contribution in [0.2, 0.25) is 0 Å². The number of esters is 1. The fraction of sp³-hybridized carbons (Fsp3) is 0.969. The van der Waals surface area contributed by atoms with Crippen molar-refractivity contribution in [3.8, 4) is 0 Å². The quantitative estimate of drug-likeness (QED) is 0.406. The molecular formula is C32H53NO2. The molecule has 0 radical (unpaired) electrons. The zero-order valence-corrected chi connectivity index (χ0v) is 23.0. The molecule has 35 heavy (non-hydrogen) atoms. The Morgan fingerprint density at radius 2 is 1.69 bits per heavy atom. The molecule has 6 aliphatic rings. The number of hydrogen-bond acceptors (Lipinski definition) is 3. The molecule has 3 heteroatoms. The van der Waals surface area contributed by atoms with Crippen molar-refractivity contribution in [3.05, 3.63) is 0 Å². The molecule has 0 aromatic carbocycles. The van der Waals surface area contributed by atoms with Crippen molar-refractivity contribution in [2.45, 2.75) is 111 Å². The van der Waals surface area contributed by atoms with E-state index in [4.69, 9.17) is 10.5 Å². The third-order valence-corrected chi connectivity index (χ3v) is 13.8. The van der Waals surface area contributed by atoms with E-state index in [1.165, 1.54) is 77.0 Å². The molecule has 0 amide bonds. The van der Waals surface area contributed by atoms with Crippen molar-refractivity contribution in [2.75, 3.05) is 13.2 Å². The van der Waals surface area contributed by atoms with E-state index in [9.17, 15) is 4.79 Å². The van der Waals surface area contributed by atoms with E-state index >= 15 is 0 Å². The number of carbonyl (C=O) groups is 1. The molecule has 3 nitrogen and oxygen atoms in total. The van der Waals surface area contributed by atoms with Gasteiger partial charge in [-0.3, -0.25) is 4.79 Å². The third kappa shape index (κ3) is 3.95. The molecule has 198 valence electrons. The molecule has 0 aromatic rings. The van der Waals surface area contributed by atoms with Crippen LogP contribution in [0.3, 0.4) is 0 Å². The highest BCUT2D eigenvalue weighted by atomic mass is 16.5. The summed E-state index contributed by atoms with van der Waals surface area (Å²) in [5, 5.41) is 0. The first kappa shape index (κ1) is 24.7. The van der Waals surface area contributed by atoms with Crippen LogP contribution in [0.25, 0.3) is 0 Å². The van der Waals surface area contributed by atoms with Gasteiger partial charge in [0, 0.05) is 0 Å². The Hall–Kier alpha value is -0.570. The van der Waals surface area contributed by atoms with Crippen LogP contribution in [-0.4, -0.2) is 19.1 Å². The Kier molecular flexibility index (Phi) is 6.59.